The lowest BCUT2D eigenvalue weighted by Gasteiger charge is -2.19. The molecule has 0 bridgehead atoms. The molecule has 1 aromatic heterocycles. The number of hydrogen-bond donors (Lipinski definition) is 2. The Morgan fingerprint density at radius 2 is 1.88 bits per heavy atom. The van der Waals surface area contributed by atoms with Gasteiger partial charge in [0.05, 0.1) is 6.20 Å². The van der Waals surface area contributed by atoms with Crippen LogP contribution in [0.5, 0.6) is 0 Å². The molecule has 1 unspecified atom stereocenters. The molecule has 0 saturated heterocycles. The van der Waals surface area contributed by atoms with Crippen LogP contribution in [0.25, 0.3) is 10.8 Å². The third-order valence-corrected chi connectivity index (χ3v) is 4.07. The normalized spacial score (nSPS) is 11.7. The first-order valence-corrected chi connectivity index (χ1v) is 8.50. The van der Waals surface area contributed by atoms with E-state index in [0.717, 1.165) is 16.3 Å². The van der Waals surface area contributed by atoms with Gasteiger partial charge in [-0.05, 0) is 23.3 Å². The lowest BCUT2D eigenvalue weighted by molar-refractivity contribution is -0.122. The van der Waals surface area contributed by atoms with Gasteiger partial charge in [-0.3, -0.25) is 14.6 Å². The summed E-state index contributed by atoms with van der Waals surface area (Å²) in [6, 6.07) is 13.2. The Morgan fingerprint density at radius 1 is 1.08 bits per heavy atom. The number of nitrogens with one attached hydrogen (secondary N) is 2. The fraction of sp³-hybridized carbons (Fsp3) is 0.200. The number of fused-ring (bicyclic) bond motifs is 1. The molecule has 0 saturated carbocycles. The van der Waals surface area contributed by atoms with E-state index in [4.69, 9.17) is 0 Å². The zero-order valence-electron chi connectivity index (χ0n) is 14.5. The minimum Gasteiger partial charge on any atom is -0.355 e. The molecule has 6 nitrogen and oxygen atoms in total. The van der Waals surface area contributed by atoms with E-state index in [0.29, 0.717) is 13.0 Å². The van der Waals surface area contributed by atoms with Crippen LogP contribution in [-0.4, -0.2) is 34.4 Å². The van der Waals surface area contributed by atoms with Crippen molar-refractivity contribution < 1.29 is 9.59 Å². The first-order chi connectivity index (χ1) is 12.7. The van der Waals surface area contributed by atoms with E-state index in [1.165, 1.54) is 18.6 Å². The van der Waals surface area contributed by atoms with Gasteiger partial charge in [0.1, 0.15) is 11.7 Å². The van der Waals surface area contributed by atoms with Gasteiger partial charge in [-0.2, -0.15) is 0 Å². The Morgan fingerprint density at radius 3 is 2.65 bits per heavy atom. The standard InChI is InChI=1S/C20H20N4O2/c1-2-22-19(25)17(24-20(26)18-13-21-10-11-23-18)12-15-8-5-7-14-6-3-4-9-16(14)15/h3-11,13,17H,2,12H2,1H3,(H,22,25)(H,24,26). The summed E-state index contributed by atoms with van der Waals surface area (Å²) in [5, 5.41) is 7.72. The molecular formula is C20H20N4O2. The molecule has 1 atom stereocenters. The molecule has 2 N–H and O–H groups in total. The SMILES string of the molecule is CCNC(=O)C(Cc1cccc2ccccc12)NC(=O)c1cnccn1. The average molecular weight is 348 g/mol. The van der Waals surface area contributed by atoms with Crippen LogP contribution < -0.4 is 10.6 Å². The van der Waals surface area contributed by atoms with Crippen molar-refractivity contribution in [2.24, 2.45) is 0 Å². The molecule has 1 heterocycles. The van der Waals surface area contributed by atoms with Crippen LogP contribution in [0.1, 0.15) is 23.0 Å². The minimum absolute atomic E-state index is 0.180. The molecule has 0 aliphatic rings. The van der Waals surface area contributed by atoms with Crippen molar-refractivity contribution in [2.45, 2.75) is 19.4 Å². The predicted molar refractivity (Wildman–Crippen MR) is 99.6 cm³/mol. The number of amides is 2. The maximum Gasteiger partial charge on any atom is 0.272 e. The molecule has 26 heavy (non-hydrogen) atoms. The van der Waals surface area contributed by atoms with E-state index in [9.17, 15) is 9.59 Å². The molecule has 0 fully saturated rings. The fourth-order valence-electron chi connectivity index (χ4n) is 2.85. The molecular weight excluding hydrogens is 328 g/mol. The largest absolute Gasteiger partial charge is 0.355 e. The summed E-state index contributed by atoms with van der Waals surface area (Å²) in [7, 11) is 0. The molecule has 0 radical (unpaired) electrons. The second-order valence-electron chi connectivity index (χ2n) is 5.85. The molecule has 6 heteroatoms. The van der Waals surface area contributed by atoms with E-state index in [-0.39, 0.29) is 11.6 Å². The number of hydrogen-bond acceptors (Lipinski definition) is 4. The van der Waals surface area contributed by atoms with Crippen molar-refractivity contribution in [3.8, 4) is 0 Å². The first kappa shape index (κ1) is 17.5. The van der Waals surface area contributed by atoms with Gasteiger partial charge in [-0.15, -0.1) is 0 Å². The Hall–Kier alpha value is -3.28. The second-order valence-corrected chi connectivity index (χ2v) is 5.85. The lowest BCUT2D eigenvalue weighted by Crippen LogP contribution is -2.48. The smallest absolute Gasteiger partial charge is 0.272 e. The molecule has 0 aliphatic heterocycles. The molecule has 3 aromatic rings. The average Bonchev–Trinajstić information content (AvgIpc) is 2.68. The summed E-state index contributed by atoms with van der Waals surface area (Å²) in [6.07, 6.45) is 4.70. The van der Waals surface area contributed by atoms with E-state index in [1.807, 2.05) is 49.4 Å². The fourth-order valence-corrected chi connectivity index (χ4v) is 2.85. The van der Waals surface area contributed by atoms with Crippen LogP contribution in [0.15, 0.2) is 61.1 Å². The van der Waals surface area contributed by atoms with Crippen LogP contribution in [0.4, 0.5) is 0 Å². The number of carbonyl (C=O) groups is 2. The first-order valence-electron chi connectivity index (χ1n) is 8.50. The van der Waals surface area contributed by atoms with Crippen molar-refractivity contribution >= 4 is 22.6 Å². The van der Waals surface area contributed by atoms with Crippen LogP contribution >= 0.6 is 0 Å². The molecule has 0 spiro atoms. The van der Waals surface area contributed by atoms with Crippen molar-refractivity contribution in [1.29, 1.82) is 0 Å². The van der Waals surface area contributed by atoms with E-state index >= 15 is 0 Å². The molecule has 0 aliphatic carbocycles. The highest BCUT2D eigenvalue weighted by atomic mass is 16.2. The highest BCUT2D eigenvalue weighted by molar-refractivity contribution is 5.96. The van der Waals surface area contributed by atoms with Crippen molar-refractivity contribution in [2.75, 3.05) is 6.54 Å². The zero-order chi connectivity index (χ0) is 18.4. The zero-order valence-corrected chi connectivity index (χ0v) is 14.5. The molecule has 2 aromatic carbocycles. The number of benzene rings is 2. The topological polar surface area (TPSA) is 84.0 Å². The minimum atomic E-state index is -0.699. The van der Waals surface area contributed by atoms with Crippen LogP contribution in [0.3, 0.4) is 0 Å². The molecule has 2 amide bonds. The number of likely N-dealkylation sites (N-methyl/N-ethyl adjacent to an activating group) is 1. The third-order valence-electron chi connectivity index (χ3n) is 4.07. The summed E-state index contributed by atoms with van der Waals surface area (Å²) < 4.78 is 0. The van der Waals surface area contributed by atoms with Crippen LogP contribution in [-0.2, 0) is 11.2 Å². The summed E-state index contributed by atoms with van der Waals surface area (Å²) in [5.41, 5.74) is 1.18. The molecule has 3 rings (SSSR count). The number of aromatic nitrogens is 2. The monoisotopic (exact) mass is 348 g/mol. The molecule has 132 valence electrons. The van der Waals surface area contributed by atoms with Crippen LogP contribution in [0, 0.1) is 0 Å². The highest BCUT2D eigenvalue weighted by Crippen LogP contribution is 2.20. The number of nitrogens with zero attached hydrogens (tertiary/aromatic N) is 2. The highest BCUT2D eigenvalue weighted by Gasteiger charge is 2.22. The summed E-state index contributed by atoms with van der Waals surface area (Å²) >= 11 is 0. The number of rotatable bonds is 6. The van der Waals surface area contributed by atoms with Gasteiger partial charge in [0.25, 0.3) is 5.91 Å². The van der Waals surface area contributed by atoms with Crippen molar-refractivity contribution in [3.05, 3.63) is 72.3 Å². The number of carbonyl (C=O) groups excluding carboxylic acids is 2. The quantitative estimate of drug-likeness (QED) is 0.715. The maximum atomic E-state index is 12.5. The summed E-state index contributed by atoms with van der Waals surface area (Å²) in [4.78, 5) is 32.8. The van der Waals surface area contributed by atoms with Crippen molar-refractivity contribution in [3.63, 3.8) is 0 Å². The van der Waals surface area contributed by atoms with Gasteiger partial charge < -0.3 is 10.6 Å². The van der Waals surface area contributed by atoms with E-state index < -0.39 is 11.9 Å². The van der Waals surface area contributed by atoms with E-state index in [2.05, 4.69) is 20.6 Å². The third kappa shape index (κ3) is 4.03. The Bertz CT molecular complexity index is 907. The predicted octanol–water partition coefficient (Wildman–Crippen LogP) is 2.11. The van der Waals surface area contributed by atoms with Gasteiger partial charge in [0.2, 0.25) is 5.91 Å². The van der Waals surface area contributed by atoms with Gasteiger partial charge in [-0.25, -0.2) is 4.98 Å². The van der Waals surface area contributed by atoms with Gasteiger partial charge in [0.15, 0.2) is 0 Å². The second kappa shape index (κ2) is 8.20. The Kier molecular flexibility index (Phi) is 5.53. The lowest BCUT2D eigenvalue weighted by atomic mass is 9.98. The Labute approximate surface area is 151 Å². The summed E-state index contributed by atoms with van der Waals surface area (Å²) in [5.74, 6) is -0.646. The van der Waals surface area contributed by atoms with Gasteiger partial charge >= 0.3 is 0 Å². The van der Waals surface area contributed by atoms with E-state index in [1.54, 1.807) is 0 Å². The Balaban J connectivity index is 1.86. The van der Waals surface area contributed by atoms with Gasteiger partial charge in [-0.1, -0.05) is 42.5 Å². The van der Waals surface area contributed by atoms with Crippen molar-refractivity contribution in [1.82, 2.24) is 20.6 Å². The van der Waals surface area contributed by atoms with Gasteiger partial charge in [0, 0.05) is 25.4 Å². The maximum absolute atomic E-state index is 12.5. The summed E-state index contributed by atoms with van der Waals surface area (Å²) in [6.45, 7) is 2.34. The van der Waals surface area contributed by atoms with Crippen LogP contribution in [0.2, 0.25) is 0 Å².